The number of aromatic nitrogens is 1. The molecule has 0 bridgehead atoms. The molecule has 0 aliphatic rings. The van der Waals surface area contributed by atoms with Crippen LogP contribution in [-0.4, -0.2) is 4.98 Å². The molecule has 3 aromatic rings. The van der Waals surface area contributed by atoms with Gasteiger partial charge < -0.3 is 5.32 Å². The Morgan fingerprint density at radius 3 is 2.64 bits per heavy atom. The number of hydrogen-bond acceptors (Lipinski definition) is 4. The van der Waals surface area contributed by atoms with E-state index in [1.165, 1.54) is 16.9 Å². The summed E-state index contributed by atoms with van der Waals surface area (Å²) in [6.07, 6.45) is 1.72. The Hall–Kier alpha value is -2.42. The van der Waals surface area contributed by atoms with Gasteiger partial charge in [0, 0.05) is 27.3 Å². The first-order valence-corrected chi connectivity index (χ1v) is 9.40. The van der Waals surface area contributed by atoms with Crippen LogP contribution in [0.1, 0.15) is 16.1 Å². The maximum atomic E-state index is 9.49. The molecule has 0 atom stereocenters. The average molecular weight is 410 g/mol. The normalized spacial score (nSPS) is 11.2. The number of allylic oxidation sites excluding steroid dienone is 1. The monoisotopic (exact) mass is 409 g/mol. The van der Waals surface area contributed by atoms with E-state index >= 15 is 0 Å². The van der Waals surface area contributed by atoms with Gasteiger partial charge >= 0.3 is 0 Å². The van der Waals surface area contributed by atoms with Crippen LogP contribution >= 0.6 is 27.3 Å². The molecule has 3 nitrogen and oxygen atoms in total. The fourth-order valence-electron chi connectivity index (χ4n) is 2.34. The van der Waals surface area contributed by atoms with Gasteiger partial charge in [-0.25, -0.2) is 4.98 Å². The van der Waals surface area contributed by atoms with Crippen molar-refractivity contribution in [1.29, 1.82) is 5.26 Å². The summed E-state index contributed by atoms with van der Waals surface area (Å²) in [5.41, 5.74) is 5.74. The SMILES string of the molecule is Cc1ccc(-c2csc(/C(C#N)=C\Nc3ccc(Br)cc3C)n2)cc1. The van der Waals surface area contributed by atoms with E-state index in [9.17, 15) is 5.26 Å². The van der Waals surface area contributed by atoms with E-state index in [0.717, 1.165) is 27.0 Å². The van der Waals surface area contributed by atoms with Gasteiger partial charge in [-0.05, 0) is 37.6 Å². The van der Waals surface area contributed by atoms with Crippen LogP contribution in [-0.2, 0) is 0 Å². The predicted octanol–water partition coefficient (Wildman–Crippen LogP) is 6.17. The molecule has 0 aliphatic carbocycles. The van der Waals surface area contributed by atoms with Crippen LogP contribution in [0.2, 0.25) is 0 Å². The molecule has 1 aromatic heterocycles. The van der Waals surface area contributed by atoms with Crippen molar-refractivity contribution in [1.82, 2.24) is 4.98 Å². The van der Waals surface area contributed by atoms with Crippen molar-refractivity contribution >= 4 is 38.5 Å². The summed E-state index contributed by atoms with van der Waals surface area (Å²) in [6.45, 7) is 4.08. The molecular formula is C20H16BrN3S. The molecule has 2 aromatic carbocycles. The molecule has 0 aliphatic heterocycles. The number of hydrogen-bond donors (Lipinski definition) is 1. The molecule has 0 spiro atoms. The fourth-order valence-corrected chi connectivity index (χ4v) is 3.61. The van der Waals surface area contributed by atoms with E-state index in [2.05, 4.69) is 51.4 Å². The number of nitrogens with one attached hydrogen (secondary N) is 1. The van der Waals surface area contributed by atoms with Crippen LogP contribution in [0.25, 0.3) is 16.8 Å². The van der Waals surface area contributed by atoms with Gasteiger partial charge in [0.05, 0.1) is 5.69 Å². The van der Waals surface area contributed by atoms with Crippen LogP contribution < -0.4 is 5.32 Å². The fraction of sp³-hybridized carbons (Fsp3) is 0.100. The standard InChI is InChI=1S/C20H16BrN3S/c1-13-3-5-15(6-4-13)19-12-25-20(24-19)16(10-22)11-23-18-8-7-17(21)9-14(18)2/h3-9,11-12,23H,1-2H3/b16-11-. The van der Waals surface area contributed by atoms with E-state index in [4.69, 9.17) is 0 Å². The molecule has 25 heavy (non-hydrogen) atoms. The van der Waals surface area contributed by atoms with Crippen molar-refractivity contribution in [2.45, 2.75) is 13.8 Å². The highest BCUT2D eigenvalue weighted by atomic mass is 79.9. The van der Waals surface area contributed by atoms with Gasteiger partial charge in [0.15, 0.2) is 0 Å². The van der Waals surface area contributed by atoms with Gasteiger partial charge in [-0.1, -0.05) is 45.8 Å². The lowest BCUT2D eigenvalue weighted by atomic mass is 10.1. The molecule has 1 N–H and O–H groups in total. The van der Waals surface area contributed by atoms with E-state index in [1.807, 2.05) is 42.6 Å². The zero-order valence-corrected chi connectivity index (χ0v) is 16.3. The minimum atomic E-state index is 0.519. The van der Waals surface area contributed by atoms with Gasteiger partial charge in [-0.15, -0.1) is 11.3 Å². The van der Waals surface area contributed by atoms with Crippen LogP contribution in [0.15, 0.2) is 58.5 Å². The summed E-state index contributed by atoms with van der Waals surface area (Å²) in [6, 6.07) is 16.4. The Labute approximate surface area is 159 Å². The second-order valence-corrected chi connectivity index (χ2v) is 7.45. The van der Waals surface area contributed by atoms with Crippen LogP contribution in [0, 0.1) is 25.2 Å². The number of rotatable bonds is 4. The highest BCUT2D eigenvalue weighted by molar-refractivity contribution is 9.10. The van der Waals surface area contributed by atoms with Crippen molar-refractivity contribution in [3.8, 4) is 17.3 Å². The Kier molecular flexibility index (Phi) is 5.32. The van der Waals surface area contributed by atoms with E-state index in [0.29, 0.717) is 10.6 Å². The van der Waals surface area contributed by atoms with Crippen LogP contribution in [0.4, 0.5) is 5.69 Å². The number of nitrogens with zero attached hydrogens (tertiary/aromatic N) is 2. The van der Waals surface area contributed by atoms with Gasteiger partial charge in [0.1, 0.15) is 16.6 Å². The highest BCUT2D eigenvalue weighted by Gasteiger charge is 2.09. The molecule has 5 heteroatoms. The van der Waals surface area contributed by atoms with E-state index < -0.39 is 0 Å². The molecule has 0 amide bonds. The molecule has 1 heterocycles. The van der Waals surface area contributed by atoms with Gasteiger partial charge in [0.25, 0.3) is 0 Å². The Morgan fingerprint density at radius 1 is 1.20 bits per heavy atom. The van der Waals surface area contributed by atoms with E-state index in [-0.39, 0.29) is 0 Å². The summed E-state index contributed by atoms with van der Waals surface area (Å²) >= 11 is 4.93. The molecule has 124 valence electrons. The quantitative estimate of drug-likeness (QED) is 0.524. The van der Waals surface area contributed by atoms with Crippen molar-refractivity contribution in [3.63, 3.8) is 0 Å². The number of anilines is 1. The van der Waals surface area contributed by atoms with Crippen LogP contribution in [0.5, 0.6) is 0 Å². The first-order valence-electron chi connectivity index (χ1n) is 7.73. The summed E-state index contributed by atoms with van der Waals surface area (Å²) in [5.74, 6) is 0. The maximum absolute atomic E-state index is 9.49. The van der Waals surface area contributed by atoms with Crippen molar-refractivity contribution < 1.29 is 0 Å². The summed E-state index contributed by atoms with van der Waals surface area (Å²) in [7, 11) is 0. The number of aryl methyl sites for hydroxylation is 2. The van der Waals surface area contributed by atoms with Crippen molar-refractivity contribution in [2.24, 2.45) is 0 Å². The van der Waals surface area contributed by atoms with Gasteiger partial charge in [0.2, 0.25) is 0 Å². The van der Waals surface area contributed by atoms with Crippen LogP contribution in [0.3, 0.4) is 0 Å². The van der Waals surface area contributed by atoms with Crippen molar-refractivity contribution in [3.05, 3.63) is 74.7 Å². The number of thiazole rings is 1. The highest BCUT2D eigenvalue weighted by Crippen LogP contribution is 2.27. The van der Waals surface area contributed by atoms with E-state index in [1.54, 1.807) is 6.20 Å². The first-order chi connectivity index (χ1) is 12.1. The summed E-state index contributed by atoms with van der Waals surface area (Å²) in [5, 5.41) is 15.4. The second kappa shape index (κ2) is 7.64. The Bertz CT molecular complexity index is 965. The molecule has 0 unspecified atom stereocenters. The molecule has 3 rings (SSSR count). The molecule has 0 saturated carbocycles. The zero-order chi connectivity index (χ0) is 17.8. The molecular weight excluding hydrogens is 394 g/mol. The minimum Gasteiger partial charge on any atom is -0.360 e. The largest absolute Gasteiger partial charge is 0.360 e. The van der Waals surface area contributed by atoms with Crippen molar-refractivity contribution in [2.75, 3.05) is 5.32 Å². The third kappa shape index (κ3) is 4.16. The second-order valence-electron chi connectivity index (χ2n) is 5.68. The zero-order valence-electron chi connectivity index (χ0n) is 13.9. The summed E-state index contributed by atoms with van der Waals surface area (Å²) < 4.78 is 1.03. The molecule has 0 fully saturated rings. The minimum absolute atomic E-state index is 0.519. The lowest BCUT2D eigenvalue weighted by molar-refractivity contribution is 1.35. The molecule has 0 radical (unpaired) electrons. The molecule has 0 saturated heterocycles. The average Bonchev–Trinajstić information content (AvgIpc) is 3.07. The predicted molar refractivity (Wildman–Crippen MR) is 108 cm³/mol. The lowest BCUT2D eigenvalue weighted by Gasteiger charge is -2.06. The number of nitriles is 1. The smallest absolute Gasteiger partial charge is 0.136 e. The third-order valence-electron chi connectivity index (χ3n) is 3.76. The first kappa shape index (κ1) is 17.4. The third-order valence-corrected chi connectivity index (χ3v) is 5.13. The van der Waals surface area contributed by atoms with Gasteiger partial charge in [-0.3, -0.25) is 0 Å². The Morgan fingerprint density at radius 2 is 1.96 bits per heavy atom. The number of halogens is 1. The Balaban J connectivity index is 1.84. The topological polar surface area (TPSA) is 48.7 Å². The maximum Gasteiger partial charge on any atom is 0.136 e. The number of benzene rings is 2. The summed E-state index contributed by atoms with van der Waals surface area (Å²) in [4.78, 5) is 4.61. The lowest BCUT2D eigenvalue weighted by Crippen LogP contribution is -1.93. The van der Waals surface area contributed by atoms with Gasteiger partial charge in [-0.2, -0.15) is 5.26 Å².